The third kappa shape index (κ3) is 2.31. The molecule has 70 valence electrons. The van der Waals surface area contributed by atoms with Crippen molar-refractivity contribution in [1.29, 1.82) is 0 Å². The minimum atomic E-state index is 0.670. The first kappa shape index (κ1) is 9.19. The van der Waals surface area contributed by atoms with Crippen molar-refractivity contribution in [2.24, 2.45) is 0 Å². The maximum absolute atomic E-state index is 5.38. The fourth-order valence-corrected chi connectivity index (χ4v) is 3.65. The van der Waals surface area contributed by atoms with E-state index in [1.165, 1.54) is 25.7 Å². The highest BCUT2D eigenvalue weighted by Crippen LogP contribution is 2.37. The van der Waals surface area contributed by atoms with Crippen LogP contribution in [-0.4, -0.2) is 23.7 Å². The van der Waals surface area contributed by atoms with Crippen molar-refractivity contribution in [2.75, 3.05) is 13.2 Å². The molecule has 0 aromatic rings. The lowest BCUT2D eigenvalue weighted by Gasteiger charge is -2.30. The molecule has 2 atom stereocenters. The Kier molecular flexibility index (Phi) is 3.63. The summed E-state index contributed by atoms with van der Waals surface area (Å²) in [7, 11) is 0. The molecule has 0 bridgehead atoms. The molecule has 0 amide bonds. The number of hydrogen-bond acceptors (Lipinski definition) is 4. The molecule has 2 heterocycles. The van der Waals surface area contributed by atoms with E-state index in [-0.39, 0.29) is 0 Å². The van der Waals surface area contributed by atoms with Crippen LogP contribution in [0.3, 0.4) is 0 Å². The Balaban J connectivity index is 1.80. The SMILES string of the molecule is C1COSC(C2CCCOS2)C1. The first-order chi connectivity index (χ1) is 5.97. The van der Waals surface area contributed by atoms with Gasteiger partial charge in [-0.3, -0.25) is 0 Å². The van der Waals surface area contributed by atoms with Gasteiger partial charge >= 0.3 is 0 Å². The van der Waals surface area contributed by atoms with Crippen LogP contribution in [0.5, 0.6) is 0 Å². The summed E-state index contributed by atoms with van der Waals surface area (Å²) in [6.45, 7) is 1.86. The number of hydrogen-bond donors (Lipinski definition) is 0. The summed E-state index contributed by atoms with van der Waals surface area (Å²) in [6.07, 6.45) is 5.03. The van der Waals surface area contributed by atoms with Crippen LogP contribution in [0, 0.1) is 0 Å². The molecule has 2 aliphatic rings. The monoisotopic (exact) mass is 206 g/mol. The molecule has 0 radical (unpaired) electrons. The molecule has 0 aromatic carbocycles. The fraction of sp³-hybridized carbons (Fsp3) is 1.00. The van der Waals surface area contributed by atoms with Crippen LogP contribution in [0.2, 0.25) is 0 Å². The molecule has 2 rings (SSSR count). The lowest BCUT2D eigenvalue weighted by atomic mass is 10.1. The topological polar surface area (TPSA) is 18.5 Å². The minimum Gasteiger partial charge on any atom is -0.315 e. The standard InChI is InChI=1S/C8H14O2S2/c1-3-7(11-9-5-1)8-4-2-6-10-12-8/h7-8H,1-6H2. The summed E-state index contributed by atoms with van der Waals surface area (Å²) in [5.41, 5.74) is 0. The van der Waals surface area contributed by atoms with Gasteiger partial charge in [0.25, 0.3) is 0 Å². The van der Waals surface area contributed by atoms with Crippen LogP contribution in [0.15, 0.2) is 0 Å². The Bertz CT molecular complexity index is 115. The van der Waals surface area contributed by atoms with Gasteiger partial charge in [0, 0.05) is 10.5 Å². The molecular formula is C8H14O2S2. The van der Waals surface area contributed by atoms with Crippen LogP contribution in [0.4, 0.5) is 0 Å². The lowest BCUT2D eigenvalue weighted by Crippen LogP contribution is -2.26. The Morgan fingerprint density at radius 3 is 1.67 bits per heavy atom. The van der Waals surface area contributed by atoms with E-state index in [1.807, 2.05) is 0 Å². The molecule has 4 heteroatoms. The summed E-state index contributed by atoms with van der Waals surface area (Å²) in [5.74, 6) is 0. The van der Waals surface area contributed by atoms with Crippen molar-refractivity contribution < 1.29 is 8.37 Å². The summed E-state index contributed by atoms with van der Waals surface area (Å²) in [5, 5.41) is 1.34. The zero-order valence-corrected chi connectivity index (χ0v) is 8.66. The average Bonchev–Trinajstić information content (AvgIpc) is 2.21. The van der Waals surface area contributed by atoms with Gasteiger partial charge in [0.2, 0.25) is 0 Å². The molecule has 0 N–H and O–H groups in total. The van der Waals surface area contributed by atoms with Crippen LogP contribution >= 0.6 is 24.1 Å². The molecule has 0 aliphatic carbocycles. The highest BCUT2D eigenvalue weighted by Gasteiger charge is 2.28. The Labute approximate surface area is 82.2 Å². The Hall–Kier alpha value is 0.620. The fourth-order valence-electron chi connectivity index (χ4n) is 1.55. The highest BCUT2D eigenvalue weighted by atomic mass is 32.2. The molecule has 12 heavy (non-hydrogen) atoms. The predicted molar refractivity (Wildman–Crippen MR) is 53.1 cm³/mol. The van der Waals surface area contributed by atoms with Gasteiger partial charge in [0.1, 0.15) is 0 Å². The second-order valence-electron chi connectivity index (χ2n) is 3.20. The third-order valence-corrected chi connectivity index (χ3v) is 4.63. The molecule has 2 fully saturated rings. The van der Waals surface area contributed by atoms with E-state index in [2.05, 4.69) is 0 Å². The zero-order chi connectivity index (χ0) is 8.23. The second-order valence-corrected chi connectivity index (χ2v) is 5.27. The summed E-state index contributed by atoms with van der Waals surface area (Å²) >= 11 is 3.34. The smallest absolute Gasteiger partial charge is 0.0614 e. The minimum absolute atomic E-state index is 0.670. The van der Waals surface area contributed by atoms with Gasteiger partial charge in [-0.05, 0) is 49.8 Å². The van der Waals surface area contributed by atoms with Gasteiger partial charge in [0.15, 0.2) is 0 Å². The van der Waals surface area contributed by atoms with Gasteiger partial charge in [-0.1, -0.05) is 0 Å². The van der Waals surface area contributed by atoms with E-state index in [4.69, 9.17) is 8.37 Å². The van der Waals surface area contributed by atoms with E-state index < -0.39 is 0 Å². The molecule has 2 nitrogen and oxygen atoms in total. The van der Waals surface area contributed by atoms with Crippen LogP contribution < -0.4 is 0 Å². The van der Waals surface area contributed by atoms with Gasteiger partial charge in [0.05, 0.1) is 13.2 Å². The van der Waals surface area contributed by atoms with Gasteiger partial charge in [-0.15, -0.1) is 0 Å². The third-order valence-electron chi connectivity index (χ3n) is 2.23. The van der Waals surface area contributed by atoms with Crippen molar-refractivity contribution in [1.82, 2.24) is 0 Å². The van der Waals surface area contributed by atoms with Gasteiger partial charge < -0.3 is 8.37 Å². The summed E-state index contributed by atoms with van der Waals surface area (Å²) < 4.78 is 10.8. The van der Waals surface area contributed by atoms with E-state index in [9.17, 15) is 0 Å². The first-order valence-electron chi connectivity index (χ1n) is 4.53. The van der Waals surface area contributed by atoms with Crippen LogP contribution in [0.25, 0.3) is 0 Å². The average molecular weight is 206 g/mol. The van der Waals surface area contributed by atoms with Gasteiger partial charge in [-0.2, -0.15) is 0 Å². The van der Waals surface area contributed by atoms with Crippen molar-refractivity contribution in [3.63, 3.8) is 0 Å². The molecule has 2 aliphatic heterocycles. The van der Waals surface area contributed by atoms with Crippen LogP contribution in [0.1, 0.15) is 25.7 Å². The quantitative estimate of drug-likeness (QED) is 0.614. The predicted octanol–water partition coefficient (Wildman–Crippen LogP) is 2.64. The van der Waals surface area contributed by atoms with E-state index >= 15 is 0 Å². The van der Waals surface area contributed by atoms with Crippen molar-refractivity contribution in [2.45, 2.75) is 36.2 Å². The largest absolute Gasteiger partial charge is 0.315 e. The van der Waals surface area contributed by atoms with E-state index in [1.54, 1.807) is 24.1 Å². The van der Waals surface area contributed by atoms with Crippen molar-refractivity contribution >= 4 is 24.1 Å². The van der Waals surface area contributed by atoms with Crippen molar-refractivity contribution in [3.8, 4) is 0 Å². The van der Waals surface area contributed by atoms with E-state index in [0.717, 1.165) is 13.2 Å². The first-order valence-corrected chi connectivity index (χ1v) is 6.14. The highest BCUT2D eigenvalue weighted by molar-refractivity contribution is 7.99. The molecule has 2 saturated heterocycles. The second kappa shape index (κ2) is 4.74. The molecule has 0 aromatic heterocycles. The maximum atomic E-state index is 5.38. The zero-order valence-electron chi connectivity index (χ0n) is 7.03. The lowest BCUT2D eigenvalue weighted by molar-refractivity contribution is 0.304. The maximum Gasteiger partial charge on any atom is 0.0614 e. The Morgan fingerprint density at radius 1 is 0.833 bits per heavy atom. The van der Waals surface area contributed by atoms with Crippen LogP contribution in [-0.2, 0) is 8.37 Å². The normalized spacial score (nSPS) is 38.0. The molecule has 0 saturated carbocycles. The molecule has 2 unspecified atom stereocenters. The number of rotatable bonds is 1. The van der Waals surface area contributed by atoms with Gasteiger partial charge in [-0.25, -0.2) is 0 Å². The summed E-state index contributed by atoms with van der Waals surface area (Å²) in [6, 6.07) is 0. The Morgan fingerprint density at radius 2 is 1.33 bits per heavy atom. The van der Waals surface area contributed by atoms with E-state index in [0.29, 0.717) is 10.5 Å². The summed E-state index contributed by atoms with van der Waals surface area (Å²) in [4.78, 5) is 0. The van der Waals surface area contributed by atoms with Crippen molar-refractivity contribution in [3.05, 3.63) is 0 Å². The molecular weight excluding hydrogens is 192 g/mol. The molecule has 0 spiro atoms.